The minimum Gasteiger partial charge on any atom is -0.494 e. The molecule has 94 valence electrons. The van der Waals surface area contributed by atoms with Crippen molar-refractivity contribution in [3.8, 4) is 5.75 Å². The molecule has 0 aliphatic heterocycles. The Morgan fingerprint density at radius 3 is 2.41 bits per heavy atom. The third kappa shape index (κ3) is 4.38. The first-order valence-corrected chi connectivity index (χ1v) is 6.63. The van der Waals surface area contributed by atoms with E-state index in [0.29, 0.717) is 6.61 Å². The Balaban J connectivity index is 2.63. The van der Waals surface area contributed by atoms with Gasteiger partial charge in [0.2, 0.25) is 5.91 Å². The van der Waals surface area contributed by atoms with Crippen LogP contribution in [0.1, 0.15) is 32.4 Å². The molecule has 0 radical (unpaired) electrons. The highest BCUT2D eigenvalue weighted by Gasteiger charge is 2.13. The molecule has 2 unspecified atom stereocenters. The molecular formula is C13H18BrNO2. The molecule has 0 fully saturated rings. The highest BCUT2D eigenvalue weighted by molar-refractivity contribution is 9.10. The van der Waals surface area contributed by atoms with Crippen LogP contribution in [0.4, 0.5) is 0 Å². The molecule has 1 rings (SSSR count). The summed E-state index contributed by atoms with van der Waals surface area (Å²) in [7, 11) is 0. The lowest BCUT2D eigenvalue weighted by Crippen LogP contribution is -2.31. The average molecular weight is 300 g/mol. The quantitative estimate of drug-likeness (QED) is 0.849. The first-order valence-electron chi connectivity index (χ1n) is 5.71. The second-order valence-electron chi connectivity index (χ2n) is 3.85. The second-order valence-corrected chi connectivity index (χ2v) is 5.22. The van der Waals surface area contributed by atoms with Gasteiger partial charge in [0.05, 0.1) is 17.5 Å². The lowest BCUT2D eigenvalue weighted by atomic mass is 10.1. The van der Waals surface area contributed by atoms with Crippen LogP contribution < -0.4 is 10.1 Å². The van der Waals surface area contributed by atoms with Crippen LogP contribution in [-0.2, 0) is 4.79 Å². The molecule has 1 aromatic carbocycles. The molecule has 4 heteroatoms. The van der Waals surface area contributed by atoms with Crippen molar-refractivity contribution in [3.63, 3.8) is 0 Å². The number of ether oxygens (including phenoxy) is 1. The number of hydrogen-bond acceptors (Lipinski definition) is 2. The molecule has 17 heavy (non-hydrogen) atoms. The van der Waals surface area contributed by atoms with Gasteiger partial charge in [0.15, 0.2) is 0 Å². The summed E-state index contributed by atoms with van der Waals surface area (Å²) < 4.78 is 5.37. The zero-order valence-corrected chi connectivity index (χ0v) is 12.0. The van der Waals surface area contributed by atoms with Crippen molar-refractivity contribution in [2.24, 2.45) is 0 Å². The van der Waals surface area contributed by atoms with Crippen LogP contribution in [0.25, 0.3) is 0 Å². The Kier molecular flexibility index (Phi) is 5.48. The van der Waals surface area contributed by atoms with Crippen LogP contribution in [0.3, 0.4) is 0 Å². The van der Waals surface area contributed by atoms with Gasteiger partial charge >= 0.3 is 0 Å². The minimum absolute atomic E-state index is 0.00169. The van der Waals surface area contributed by atoms with E-state index < -0.39 is 0 Å². The van der Waals surface area contributed by atoms with Crippen LogP contribution in [-0.4, -0.2) is 17.3 Å². The van der Waals surface area contributed by atoms with E-state index in [2.05, 4.69) is 21.2 Å². The molecule has 1 N–H and O–H groups in total. The van der Waals surface area contributed by atoms with Gasteiger partial charge in [0.1, 0.15) is 5.75 Å². The van der Waals surface area contributed by atoms with Gasteiger partial charge in [-0.15, -0.1) is 0 Å². The summed E-state index contributed by atoms with van der Waals surface area (Å²) in [6.45, 7) is 6.38. The maximum atomic E-state index is 11.5. The molecule has 0 saturated carbocycles. The van der Waals surface area contributed by atoms with Crippen LogP contribution in [0, 0.1) is 0 Å². The number of alkyl halides is 1. The van der Waals surface area contributed by atoms with E-state index in [0.717, 1.165) is 11.3 Å². The zero-order valence-electron chi connectivity index (χ0n) is 10.4. The van der Waals surface area contributed by atoms with Gasteiger partial charge in [-0.25, -0.2) is 0 Å². The summed E-state index contributed by atoms with van der Waals surface area (Å²) in [5, 5.41) is 2.92. The van der Waals surface area contributed by atoms with E-state index >= 15 is 0 Å². The Bertz CT molecular complexity index is 362. The van der Waals surface area contributed by atoms with Gasteiger partial charge in [-0.1, -0.05) is 28.1 Å². The van der Waals surface area contributed by atoms with Crippen molar-refractivity contribution >= 4 is 21.8 Å². The molecule has 0 aromatic heterocycles. The molecular weight excluding hydrogens is 282 g/mol. The molecule has 0 spiro atoms. The van der Waals surface area contributed by atoms with Crippen molar-refractivity contribution < 1.29 is 9.53 Å². The molecule has 0 heterocycles. The summed E-state index contributed by atoms with van der Waals surface area (Å²) in [6, 6.07) is 7.76. The SMILES string of the molecule is CCOc1ccc(C(C)NC(=O)C(C)Br)cc1. The van der Waals surface area contributed by atoms with Gasteiger partial charge in [-0.3, -0.25) is 4.79 Å². The van der Waals surface area contributed by atoms with Gasteiger partial charge < -0.3 is 10.1 Å². The summed E-state index contributed by atoms with van der Waals surface area (Å²) in [5.41, 5.74) is 1.06. The lowest BCUT2D eigenvalue weighted by molar-refractivity contribution is -0.120. The maximum Gasteiger partial charge on any atom is 0.233 e. The predicted octanol–water partition coefficient (Wildman–Crippen LogP) is 3.05. The average Bonchev–Trinajstić information content (AvgIpc) is 2.30. The molecule has 3 nitrogen and oxygen atoms in total. The van der Waals surface area contributed by atoms with Crippen LogP contribution in [0.15, 0.2) is 24.3 Å². The molecule has 0 aliphatic rings. The van der Waals surface area contributed by atoms with Crippen molar-refractivity contribution in [1.82, 2.24) is 5.32 Å². The highest BCUT2D eigenvalue weighted by Crippen LogP contribution is 2.18. The van der Waals surface area contributed by atoms with Crippen LogP contribution in [0.5, 0.6) is 5.75 Å². The molecule has 0 aliphatic carbocycles. The van der Waals surface area contributed by atoms with Gasteiger partial charge in [0, 0.05) is 0 Å². The first-order chi connectivity index (χ1) is 8.04. The fourth-order valence-corrected chi connectivity index (χ4v) is 1.56. The molecule has 2 atom stereocenters. The van der Waals surface area contributed by atoms with E-state index in [1.54, 1.807) is 6.92 Å². The summed E-state index contributed by atoms with van der Waals surface area (Å²) in [4.78, 5) is 11.3. The Morgan fingerprint density at radius 1 is 1.35 bits per heavy atom. The number of benzene rings is 1. The summed E-state index contributed by atoms with van der Waals surface area (Å²) in [6.07, 6.45) is 0. The van der Waals surface area contributed by atoms with Crippen molar-refractivity contribution in [2.75, 3.05) is 6.61 Å². The largest absolute Gasteiger partial charge is 0.494 e. The third-order valence-electron chi connectivity index (χ3n) is 2.41. The monoisotopic (exact) mass is 299 g/mol. The van der Waals surface area contributed by atoms with E-state index in [4.69, 9.17) is 4.74 Å². The zero-order chi connectivity index (χ0) is 12.8. The lowest BCUT2D eigenvalue weighted by Gasteiger charge is -2.15. The summed E-state index contributed by atoms with van der Waals surface area (Å²) in [5.74, 6) is 0.843. The fraction of sp³-hybridized carbons (Fsp3) is 0.462. The Labute approximate surface area is 111 Å². The fourth-order valence-electron chi connectivity index (χ4n) is 1.43. The topological polar surface area (TPSA) is 38.3 Å². The first kappa shape index (κ1) is 14.0. The number of carbonyl (C=O) groups excluding carboxylic acids is 1. The smallest absolute Gasteiger partial charge is 0.233 e. The molecule has 0 saturated heterocycles. The standard InChI is InChI=1S/C13H18BrNO2/c1-4-17-12-7-5-11(6-8-12)10(3)15-13(16)9(2)14/h5-10H,4H2,1-3H3,(H,15,16). The summed E-state index contributed by atoms with van der Waals surface area (Å²) >= 11 is 3.24. The Hall–Kier alpha value is -1.03. The molecule has 1 amide bonds. The van der Waals surface area contributed by atoms with Crippen molar-refractivity contribution in [1.29, 1.82) is 0 Å². The van der Waals surface area contributed by atoms with Crippen LogP contribution >= 0.6 is 15.9 Å². The van der Waals surface area contributed by atoms with Crippen molar-refractivity contribution in [2.45, 2.75) is 31.6 Å². The number of rotatable bonds is 5. The van der Waals surface area contributed by atoms with Gasteiger partial charge in [0.25, 0.3) is 0 Å². The Morgan fingerprint density at radius 2 is 1.94 bits per heavy atom. The molecule has 1 aromatic rings. The van der Waals surface area contributed by atoms with Crippen LogP contribution in [0.2, 0.25) is 0 Å². The predicted molar refractivity (Wildman–Crippen MR) is 72.6 cm³/mol. The third-order valence-corrected chi connectivity index (χ3v) is 2.83. The van der Waals surface area contributed by atoms with E-state index in [1.165, 1.54) is 0 Å². The second kappa shape index (κ2) is 6.64. The maximum absolute atomic E-state index is 11.5. The van der Waals surface area contributed by atoms with E-state index in [-0.39, 0.29) is 16.8 Å². The number of halogens is 1. The normalized spacial score (nSPS) is 13.9. The van der Waals surface area contributed by atoms with E-state index in [9.17, 15) is 4.79 Å². The number of hydrogen-bond donors (Lipinski definition) is 1. The molecule has 0 bridgehead atoms. The van der Waals surface area contributed by atoms with Gasteiger partial charge in [-0.05, 0) is 38.5 Å². The number of nitrogens with one attached hydrogen (secondary N) is 1. The highest BCUT2D eigenvalue weighted by atomic mass is 79.9. The van der Waals surface area contributed by atoms with Gasteiger partial charge in [-0.2, -0.15) is 0 Å². The number of amides is 1. The minimum atomic E-state index is -0.173. The van der Waals surface area contributed by atoms with E-state index in [1.807, 2.05) is 38.1 Å². The van der Waals surface area contributed by atoms with Crippen molar-refractivity contribution in [3.05, 3.63) is 29.8 Å². The number of carbonyl (C=O) groups is 1.